The summed E-state index contributed by atoms with van der Waals surface area (Å²) in [7, 11) is 1.63. The van der Waals surface area contributed by atoms with Crippen molar-refractivity contribution in [1.82, 2.24) is 20.2 Å². The van der Waals surface area contributed by atoms with Gasteiger partial charge in [0, 0.05) is 21.9 Å². The first kappa shape index (κ1) is 20.1. The number of nitrogens with one attached hydrogen (secondary N) is 1. The lowest BCUT2D eigenvalue weighted by Crippen LogP contribution is -2.19. The number of hydrogen-bond donors (Lipinski definition) is 1. The van der Waals surface area contributed by atoms with Crippen LogP contribution in [0.2, 0.25) is 0 Å². The van der Waals surface area contributed by atoms with Crippen LogP contribution in [0.5, 0.6) is 5.75 Å². The van der Waals surface area contributed by atoms with Gasteiger partial charge in [-0.2, -0.15) is 5.10 Å². The molecule has 0 aliphatic carbocycles. The topological polar surface area (TPSA) is 81.4 Å². The predicted molar refractivity (Wildman–Crippen MR) is 113 cm³/mol. The van der Waals surface area contributed by atoms with Gasteiger partial charge in [0.25, 0.3) is 5.91 Å². The van der Waals surface area contributed by atoms with Crippen molar-refractivity contribution in [3.8, 4) is 17.1 Å². The first-order valence-electron chi connectivity index (χ1n) is 8.69. The molecule has 7 nitrogen and oxygen atoms in total. The molecule has 146 valence electrons. The van der Waals surface area contributed by atoms with Crippen LogP contribution in [0.1, 0.15) is 16.7 Å². The zero-order chi connectivity index (χ0) is 19.9. The van der Waals surface area contributed by atoms with Crippen molar-refractivity contribution in [2.45, 2.75) is 25.5 Å². The average Bonchev–Trinajstić information content (AvgIpc) is 3.32. The van der Waals surface area contributed by atoms with Gasteiger partial charge in [0.05, 0.1) is 19.1 Å². The van der Waals surface area contributed by atoms with E-state index in [4.69, 9.17) is 4.74 Å². The van der Waals surface area contributed by atoms with Crippen LogP contribution in [-0.4, -0.2) is 39.7 Å². The zero-order valence-electron chi connectivity index (χ0n) is 15.9. The van der Waals surface area contributed by atoms with Gasteiger partial charge in [-0.3, -0.25) is 4.79 Å². The van der Waals surface area contributed by atoms with Gasteiger partial charge in [-0.1, -0.05) is 11.8 Å². The number of amides is 1. The number of hydrogen-bond acceptors (Lipinski definition) is 7. The number of hydrazone groups is 1. The number of aromatic nitrogens is 3. The highest BCUT2D eigenvalue weighted by Gasteiger charge is 2.14. The summed E-state index contributed by atoms with van der Waals surface area (Å²) in [5.41, 5.74) is 3.49. The lowest BCUT2D eigenvalue weighted by molar-refractivity contribution is -0.118. The minimum Gasteiger partial charge on any atom is -0.497 e. The minimum absolute atomic E-state index is 0.189. The molecular weight excluding hydrogens is 394 g/mol. The summed E-state index contributed by atoms with van der Waals surface area (Å²) in [5.74, 6) is 1.57. The Bertz CT molecular complexity index is 963. The zero-order valence-corrected chi connectivity index (χ0v) is 17.5. The number of thioether (sulfide) groups is 1. The molecular formula is C19H21N5O2S2. The van der Waals surface area contributed by atoms with E-state index >= 15 is 0 Å². The molecule has 0 bridgehead atoms. The Balaban J connectivity index is 1.60. The summed E-state index contributed by atoms with van der Waals surface area (Å²) in [6, 6.07) is 11.6. The highest BCUT2D eigenvalue weighted by molar-refractivity contribution is 7.99. The van der Waals surface area contributed by atoms with Gasteiger partial charge in [-0.05, 0) is 50.2 Å². The lowest BCUT2D eigenvalue weighted by atomic mass is 10.2. The van der Waals surface area contributed by atoms with Crippen LogP contribution in [0, 0.1) is 6.92 Å². The molecule has 0 aliphatic heterocycles. The van der Waals surface area contributed by atoms with Crippen molar-refractivity contribution in [2.75, 3.05) is 12.9 Å². The smallest absolute Gasteiger partial charge is 0.250 e. The van der Waals surface area contributed by atoms with E-state index < -0.39 is 0 Å². The molecule has 2 heterocycles. The summed E-state index contributed by atoms with van der Waals surface area (Å²) in [6.07, 6.45) is 1.65. The standard InChI is InChI=1S/C19H21N5O2S2/c1-4-24-18(14-6-8-15(26-3)9-7-14)22-23-19(24)27-12-17(25)21-20-11-16-10-5-13(2)28-16/h5-11H,4,12H2,1-3H3,(H,21,25)/b20-11+. The molecule has 0 saturated heterocycles. The molecule has 1 aromatic carbocycles. The Morgan fingerprint density at radius 3 is 2.71 bits per heavy atom. The second-order valence-corrected chi connectivity index (χ2v) is 8.07. The molecule has 0 saturated carbocycles. The molecule has 0 spiro atoms. The second-order valence-electron chi connectivity index (χ2n) is 5.81. The number of rotatable bonds is 8. The third kappa shape index (κ3) is 4.99. The Hall–Kier alpha value is -2.65. The number of thiophene rings is 1. The molecule has 3 aromatic rings. The second kappa shape index (κ2) is 9.52. The van der Waals surface area contributed by atoms with Gasteiger partial charge in [-0.25, -0.2) is 5.43 Å². The molecule has 0 fully saturated rings. The molecule has 1 N–H and O–H groups in total. The number of nitrogens with zero attached hydrogens (tertiary/aromatic N) is 4. The summed E-state index contributed by atoms with van der Waals surface area (Å²) in [5, 5.41) is 13.2. The van der Waals surface area contributed by atoms with Crippen molar-refractivity contribution in [2.24, 2.45) is 5.10 Å². The molecule has 9 heteroatoms. The minimum atomic E-state index is -0.189. The van der Waals surface area contributed by atoms with E-state index in [1.807, 2.05) is 54.8 Å². The predicted octanol–water partition coefficient (Wildman–Crippen LogP) is 3.59. The quantitative estimate of drug-likeness (QED) is 0.345. The maximum Gasteiger partial charge on any atom is 0.250 e. The van der Waals surface area contributed by atoms with Crippen molar-refractivity contribution < 1.29 is 9.53 Å². The fourth-order valence-corrected chi connectivity index (χ4v) is 4.03. The van der Waals surface area contributed by atoms with Crippen LogP contribution >= 0.6 is 23.1 Å². The van der Waals surface area contributed by atoms with Gasteiger partial charge >= 0.3 is 0 Å². The Morgan fingerprint density at radius 1 is 1.29 bits per heavy atom. The highest BCUT2D eigenvalue weighted by atomic mass is 32.2. The maximum atomic E-state index is 12.0. The summed E-state index contributed by atoms with van der Waals surface area (Å²) in [6.45, 7) is 4.75. The van der Waals surface area contributed by atoms with E-state index in [1.54, 1.807) is 24.7 Å². The monoisotopic (exact) mass is 415 g/mol. The van der Waals surface area contributed by atoms with E-state index in [-0.39, 0.29) is 11.7 Å². The van der Waals surface area contributed by atoms with Crippen molar-refractivity contribution in [1.29, 1.82) is 0 Å². The number of methoxy groups -OCH3 is 1. The molecule has 28 heavy (non-hydrogen) atoms. The third-order valence-corrected chi connectivity index (χ3v) is 5.76. The van der Waals surface area contributed by atoms with E-state index in [0.29, 0.717) is 11.7 Å². The van der Waals surface area contributed by atoms with Crippen molar-refractivity contribution >= 4 is 35.2 Å². The molecule has 0 atom stereocenters. The summed E-state index contributed by atoms with van der Waals surface area (Å²) < 4.78 is 7.17. The lowest BCUT2D eigenvalue weighted by Gasteiger charge is -2.07. The molecule has 0 aliphatic rings. The number of ether oxygens (including phenoxy) is 1. The van der Waals surface area contributed by atoms with Gasteiger partial charge < -0.3 is 9.30 Å². The van der Waals surface area contributed by atoms with Crippen molar-refractivity contribution in [3.05, 3.63) is 46.2 Å². The number of benzene rings is 1. The van der Waals surface area contributed by atoms with Crippen molar-refractivity contribution in [3.63, 3.8) is 0 Å². The van der Waals surface area contributed by atoms with Gasteiger partial charge in [0.2, 0.25) is 0 Å². The molecule has 1 amide bonds. The third-order valence-electron chi connectivity index (χ3n) is 3.86. The summed E-state index contributed by atoms with van der Waals surface area (Å²) >= 11 is 2.96. The largest absolute Gasteiger partial charge is 0.497 e. The van der Waals surface area contributed by atoms with Crippen LogP contribution in [0.3, 0.4) is 0 Å². The normalized spacial score (nSPS) is 11.1. The van der Waals surface area contributed by atoms with Crippen LogP contribution in [0.4, 0.5) is 0 Å². The number of carbonyl (C=O) groups is 1. The highest BCUT2D eigenvalue weighted by Crippen LogP contribution is 2.25. The summed E-state index contributed by atoms with van der Waals surface area (Å²) in [4.78, 5) is 14.2. The van der Waals surface area contributed by atoms with E-state index in [2.05, 4.69) is 20.7 Å². The molecule has 2 aromatic heterocycles. The molecule has 0 unspecified atom stereocenters. The van der Waals surface area contributed by atoms with Crippen LogP contribution < -0.4 is 10.2 Å². The van der Waals surface area contributed by atoms with Crippen LogP contribution in [-0.2, 0) is 11.3 Å². The van der Waals surface area contributed by atoms with Gasteiger partial charge in [0.1, 0.15) is 5.75 Å². The van der Waals surface area contributed by atoms with Gasteiger partial charge in [0.15, 0.2) is 11.0 Å². The number of carbonyl (C=O) groups excluding carboxylic acids is 1. The SMILES string of the molecule is CCn1c(SCC(=O)N/N=C/c2ccc(C)s2)nnc1-c1ccc(OC)cc1. The Kier molecular flexibility index (Phi) is 6.83. The maximum absolute atomic E-state index is 12.0. The first-order valence-corrected chi connectivity index (χ1v) is 10.5. The Morgan fingerprint density at radius 2 is 2.07 bits per heavy atom. The van der Waals surface area contributed by atoms with E-state index in [1.165, 1.54) is 16.6 Å². The average molecular weight is 416 g/mol. The van der Waals surface area contributed by atoms with E-state index in [9.17, 15) is 4.79 Å². The fraction of sp³-hybridized carbons (Fsp3) is 0.263. The number of aryl methyl sites for hydroxylation is 1. The fourth-order valence-electron chi connectivity index (χ4n) is 2.49. The molecule has 0 radical (unpaired) electrons. The first-order chi connectivity index (χ1) is 13.6. The van der Waals surface area contributed by atoms with Crippen LogP contribution in [0.25, 0.3) is 11.4 Å². The van der Waals surface area contributed by atoms with E-state index in [0.717, 1.165) is 22.0 Å². The molecule has 3 rings (SSSR count). The Labute approximate surface area is 171 Å². The van der Waals surface area contributed by atoms with Crippen LogP contribution in [0.15, 0.2) is 46.7 Å². The van der Waals surface area contributed by atoms with Gasteiger partial charge in [-0.15, -0.1) is 21.5 Å².